The SMILES string of the molecule is O=C(O[C@H](C(=O)c1ccccc1)c1ccc([N+](=O)[O-])cc1)c1ccc(N2C(=O)[C@@H]3CC=CC[C@H]3C2=O)cc1. The number of benzene rings is 3. The standard InChI is InChI=1S/C29H22N2O7/c32-25(18-6-2-1-3-7-18)26(19-10-16-22(17-11-19)31(36)37)38-29(35)20-12-14-21(15-13-20)30-27(33)23-8-4-5-9-24(23)28(30)34/h1-7,10-17,23-24,26H,8-9H2/t23-,24-,26+/m1/s1. The molecular weight excluding hydrogens is 488 g/mol. The molecule has 0 unspecified atom stereocenters. The highest BCUT2D eigenvalue weighted by Gasteiger charge is 2.47. The summed E-state index contributed by atoms with van der Waals surface area (Å²) >= 11 is 0. The van der Waals surface area contributed by atoms with E-state index in [1.807, 2.05) is 12.2 Å². The van der Waals surface area contributed by atoms with E-state index < -0.39 is 22.8 Å². The van der Waals surface area contributed by atoms with Crippen LogP contribution in [0.2, 0.25) is 0 Å². The van der Waals surface area contributed by atoms with Gasteiger partial charge >= 0.3 is 5.97 Å². The maximum absolute atomic E-state index is 13.3. The minimum atomic E-state index is -1.34. The van der Waals surface area contributed by atoms with E-state index >= 15 is 0 Å². The number of ketones is 1. The number of nitro benzene ring substituents is 1. The third kappa shape index (κ3) is 4.61. The second kappa shape index (κ2) is 10.2. The fraction of sp³-hybridized carbons (Fsp3) is 0.172. The van der Waals surface area contributed by atoms with Gasteiger partial charge in [-0.2, -0.15) is 0 Å². The minimum absolute atomic E-state index is 0.111. The molecule has 0 spiro atoms. The molecule has 0 bridgehead atoms. The van der Waals surface area contributed by atoms with Gasteiger partial charge in [0.25, 0.3) is 5.69 Å². The first-order valence-corrected chi connectivity index (χ1v) is 12.0. The number of ether oxygens (including phenoxy) is 1. The topological polar surface area (TPSA) is 124 Å². The van der Waals surface area contributed by atoms with Crippen LogP contribution in [0, 0.1) is 22.0 Å². The summed E-state index contributed by atoms with van der Waals surface area (Å²) in [6, 6.07) is 19.3. The van der Waals surface area contributed by atoms with Gasteiger partial charge in [-0.3, -0.25) is 29.4 Å². The van der Waals surface area contributed by atoms with Crippen LogP contribution in [0.3, 0.4) is 0 Å². The zero-order chi connectivity index (χ0) is 26.8. The van der Waals surface area contributed by atoms with E-state index in [9.17, 15) is 29.3 Å². The number of hydrogen-bond donors (Lipinski definition) is 0. The van der Waals surface area contributed by atoms with Gasteiger partial charge in [-0.05, 0) is 49.2 Å². The Balaban J connectivity index is 1.38. The second-order valence-electron chi connectivity index (χ2n) is 9.08. The van der Waals surface area contributed by atoms with Crippen molar-refractivity contribution in [1.29, 1.82) is 0 Å². The molecule has 1 aliphatic carbocycles. The molecule has 3 aromatic rings. The summed E-state index contributed by atoms with van der Waals surface area (Å²) in [5, 5.41) is 11.0. The summed E-state index contributed by atoms with van der Waals surface area (Å²) in [5.41, 5.74) is 0.890. The molecule has 190 valence electrons. The minimum Gasteiger partial charge on any atom is -0.445 e. The lowest BCUT2D eigenvalue weighted by molar-refractivity contribution is -0.384. The van der Waals surface area contributed by atoms with Crippen LogP contribution < -0.4 is 4.90 Å². The molecule has 1 aliphatic heterocycles. The van der Waals surface area contributed by atoms with E-state index in [4.69, 9.17) is 4.74 Å². The van der Waals surface area contributed by atoms with Crippen LogP contribution in [0.25, 0.3) is 0 Å². The zero-order valence-corrected chi connectivity index (χ0v) is 20.1. The van der Waals surface area contributed by atoms with Gasteiger partial charge in [0.05, 0.1) is 28.0 Å². The van der Waals surface area contributed by atoms with Gasteiger partial charge in [0.2, 0.25) is 17.6 Å². The van der Waals surface area contributed by atoms with Gasteiger partial charge in [0, 0.05) is 23.3 Å². The molecule has 2 aliphatic rings. The number of anilines is 1. The number of esters is 1. The number of carbonyl (C=O) groups excluding carboxylic acids is 4. The number of Topliss-reactive ketones (excluding diaryl/α,β-unsaturated/α-hetero) is 1. The van der Waals surface area contributed by atoms with Crippen LogP contribution in [0.15, 0.2) is 91.0 Å². The number of hydrogen-bond acceptors (Lipinski definition) is 7. The van der Waals surface area contributed by atoms with Crippen molar-refractivity contribution in [3.8, 4) is 0 Å². The Morgan fingerprint density at radius 1 is 0.816 bits per heavy atom. The summed E-state index contributed by atoms with van der Waals surface area (Å²) in [7, 11) is 0. The normalized spacial score (nSPS) is 19.1. The van der Waals surface area contributed by atoms with Gasteiger partial charge in [0.15, 0.2) is 6.10 Å². The fourth-order valence-corrected chi connectivity index (χ4v) is 4.77. The Hall–Kier alpha value is -4.92. The Labute approximate surface area is 217 Å². The first-order valence-electron chi connectivity index (χ1n) is 12.0. The summed E-state index contributed by atoms with van der Waals surface area (Å²) in [6.45, 7) is 0. The van der Waals surface area contributed by atoms with E-state index in [2.05, 4.69) is 0 Å². The maximum atomic E-state index is 13.3. The number of rotatable bonds is 7. The van der Waals surface area contributed by atoms with Crippen molar-refractivity contribution in [2.75, 3.05) is 4.90 Å². The lowest BCUT2D eigenvalue weighted by atomic mass is 9.85. The van der Waals surface area contributed by atoms with Crippen LogP contribution in [0.5, 0.6) is 0 Å². The predicted molar refractivity (Wildman–Crippen MR) is 136 cm³/mol. The number of nitro groups is 1. The Kier molecular flexibility index (Phi) is 6.66. The van der Waals surface area contributed by atoms with E-state index in [1.165, 1.54) is 48.5 Å². The molecule has 5 rings (SSSR count). The predicted octanol–water partition coefficient (Wildman–Crippen LogP) is 4.83. The number of imide groups is 1. The molecule has 0 radical (unpaired) electrons. The smallest absolute Gasteiger partial charge is 0.339 e. The van der Waals surface area contributed by atoms with Crippen molar-refractivity contribution in [1.82, 2.24) is 0 Å². The molecule has 1 fully saturated rings. The van der Waals surface area contributed by atoms with Crippen molar-refractivity contribution in [2.24, 2.45) is 11.8 Å². The van der Waals surface area contributed by atoms with Crippen molar-refractivity contribution in [3.05, 3.63) is 118 Å². The molecule has 1 saturated heterocycles. The van der Waals surface area contributed by atoms with Crippen molar-refractivity contribution < 1.29 is 28.8 Å². The molecule has 2 amide bonds. The number of fused-ring (bicyclic) bond motifs is 1. The van der Waals surface area contributed by atoms with Gasteiger partial charge in [0.1, 0.15) is 0 Å². The summed E-state index contributed by atoms with van der Waals surface area (Å²) in [6.07, 6.45) is 3.52. The first-order chi connectivity index (χ1) is 18.3. The quantitative estimate of drug-likeness (QED) is 0.111. The van der Waals surface area contributed by atoms with Crippen molar-refractivity contribution in [2.45, 2.75) is 18.9 Å². The Morgan fingerprint density at radius 3 is 1.95 bits per heavy atom. The third-order valence-electron chi connectivity index (χ3n) is 6.80. The maximum Gasteiger partial charge on any atom is 0.339 e. The van der Waals surface area contributed by atoms with E-state index in [0.717, 1.165) is 4.90 Å². The highest BCUT2D eigenvalue weighted by Crippen LogP contribution is 2.37. The summed E-state index contributed by atoms with van der Waals surface area (Å²) < 4.78 is 5.61. The molecular formula is C29H22N2O7. The summed E-state index contributed by atoms with van der Waals surface area (Å²) in [5.74, 6) is -2.56. The zero-order valence-electron chi connectivity index (χ0n) is 20.1. The molecule has 3 aromatic carbocycles. The second-order valence-corrected chi connectivity index (χ2v) is 9.08. The largest absolute Gasteiger partial charge is 0.445 e. The van der Waals surface area contributed by atoms with Gasteiger partial charge in [-0.15, -0.1) is 0 Å². The van der Waals surface area contributed by atoms with Crippen LogP contribution in [-0.4, -0.2) is 28.5 Å². The van der Waals surface area contributed by atoms with E-state index in [0.29, 0.717) is 24.1 Å². The van der Waals surface area contributed by atoms with Crippen LogP contribution >= 0.6 is 0 Å². The van der Waals surface area contributed by atoms with Gasteiger partial charge in [-0.25, -0.2) is 4.79 Å². The highest BCUT2D eigenvalue weighted by atomic mass is 16.6. The lowest BCUT2D eigenvalue weighted by Crippen LogP contribution is -2.30. The first kappa shape index (κ1) is 24.8. The van der Waals surface area contributed by atoms with Gasteiger partial charge in [-0.1, -0.05) is 42.5 Å². The molecule has 0 N–H and O–H groups in total. The average molecular weight is 511 g/mol. The fourth-order valence-electron chi connectivity index (χ4n) is 4.77. The molecule has 38 heavy (non-hydrogen) atoms. The van der Waals surface area contributed by atoms with Crippen LogP contribution in [-0.2, 0) is 14.3 Å². The van der Waals surface area contributed by atoms with Crippen LogP contribution in [0.1, 0.15) is 45.2 Å². The van der Waals surface area contributed by atoms with Gasteiger partial charge < -0.3 is 4.74 Å². The number of nitrogens with zero attached hydrogens (tertiary/aromatic N) is 2. The Morgan fingerprint density at radius 2 is 1.39 bits per heavy atom. The van der Waals surface area contributed by atoms with Crippen LogP contribution in [0.4, 0.5) is 11.4 Å². The third-order valence-corrected chi connectivity index (χ3v) is 6.80. The number of allylic oxidation sites excluding steroid dienone is 2. The van der Waals surface area contributed by atoms with E-state index in [-0.39, 0.29) is 40.5 Å². The Bertz CT molecular complexity index is 1420. The molecule has 0 saturated carbocycles. The molecule has 9 heteroatoms. The number of amides is 2. The number of non-ortho nitro benzene ring substituents is 1. The van der Waals surface area contributed by atoms with E-state index in [1.54, 1.807) is 30.3 Å². The highest BCUT2D eigenvalue weighted by molar-refractivity contribution is 6.22. The molecule has 1 heterocycles. The van der Waals surface area contributed by atoms with Crippen molar-refractivity contribution >= 4 is 34.9 Å². The average Bonchev–Trinajstić information content (AvgIpc) is 3.21. The molecule has 9 nitrogen and oxygen atoms in total. The van der Waals surface area contributed by atoms with Crippen molar-refractivity contribution in [3.63, 3.8) is 0 Å². The monoisotopic (exact) mass is 510 g/mol. The molecule has 3 atom stereocenters. The molecule has 0 aromatic heterocycles. The summed E-state index contributed by atoms with van der Waals surface area (Å²) in [4.78, 5) is 63.7. The number of carbonyl (C=O) groups is 4. The lowest BCUT2D eigenvalue weighted by Gasteiger charge is -2.18.